The highest BCUT2D eigenvalue weighted by molar-refractivity contribution is 6.27. The zero-order valence-electron chi connectivity index (χ0n) is 56.2. The van der Waals surface area contributed by atoms with Gasteiger partial charge in [-0.05, 0) is 194 Å². The Kier molecular flexibility index (Phi) is 16.0. The lowest BCUT2D eigenvalue weighted by Crippen LogP contribution is -2.13. The van der Waals surface area contributed by atoms with Crippen molar-refractivity contribution in [3.8, 4) is 111 Å². The van der Waals surface area contributed by atoms with Crippen LogP contribution in [0.3, 0.4) is 0 Å². The minimum Gasteiger partial charge on any atom is -0.309 e. The first-order valence-corrected chi connectivity index (χ1v) is 35.1. The molecule has 102 heavy (non-hydrogen) atoms. The van der Waals surface area contributed by atoms with Crippen LogP contribution in [-0.2, 0) is 0 Å². The van der Waals surface area contributed by atoms with Crippen LogP contribution >= 0.6 is 0 Å². The molecule has 0 fully saturated rings. The van der Waals surface area contributed by atoms with Crippen LogP contribution in [0, 0.1) is 0 Å². The van der Waals surface area contributed by atoms with Crippen LogP contribution in [-0.4, -0.2) is 0 Å². The van der Waals surface area contributed by atoms with E-state index in [1.807, 2.05) is 0 Å². The molecule has 0 heterocycles. The van der Waals surface area contributed by atoms with Crippen molar-refractivity contribution >= 4 is 66.4 Å². The predicted molar refractivity (Wildman–Crippen MR) is 434 cm³/mol. The lowest BCUT2D eigenvalue weighted by atomic mass is 9.87. The van der Waals surface area contributed by atoms with Crippen molar-refractivity contribution in [3.05, 3.63) is 413 Å². The smallest absolute Gasteiger partial charge is 0.0618 e. The predicted octanol–water partition coefficient (Wildman–Crippen LogP) is 28.2. The maximum Gasteiger partial charge on any atom is 0.0618 e. The number of benzene rings is 18. The van der Waals surface area contributed by atoms with Crippen molar-refractivity contribution < 1.29 is 0 Å². The zero-order chi connectivity index (χ0) is 67.7. The van der Waals surface area contributed by atoms with E-state index in [4.69, 9.17) is 0 Å². The molecule has 2 nitrogen and oxygen atoms in total. The first-order valence-electron chi connectivity index (χ1n) is 35.1. The number of hydrogen-bond donors (Lipinski definition) is 0. The van der Waals surface area contributed by atoms with Crippen LogP contribution in [0.25, 0.3) is 144 Å². The van der Waals surface area contributed by atoms with E-state index in [-0.39, 0.29) is 0 Å². The van der Waals surface area contributed by atoms with Gasteiger partial charge in [-0.3, -0.25) is 0 Å². The van der Waals surface area contributed by atoms with Gasteiger partial charge in [-0.2, -0.15) is 0 Å². The molecule has 0 radical (unpaired) electrons. The van der Waals surface area contributed by atoms with Crippen LogP contribution in [0.1, 0.15) is 0 Å². The fourth-order valence-corrected chi connectivity index (χ4v) is 15.3. The van der Waals surface area contributed by atoms with Crippen molar-refractivity contribution in [2.75, 3.05) is 9.80 Å². The highest BCUT2D eigenvalue weighted by Crippen LogP contribution is 2.53. The summed E-state index contributed by atoms with van der Waals surface area (Å²) in [5.41, 5.74) is 29.6. The summed E-state index contributed by atoms with van der Waals surface area (Å²) in [6.07, 6.45) is 0. The molecule has 0 bridgehead atoms. The summed E-state index contributed by atoms with van der Waals surface area (Å²) in [7, 11) is 0. The molecule has 0 aliphatic heterocycles. The Balaban J connectivity index is 0.762. The van der Waals surface area contributed by atoms with Gasteiger partial charge in [0, 0.05) is 45.0 Å². The van der Waals surface area contributed by atoms with Crippen LogP contribution in [0.15, 0.2) is 413 Å². The summed E-state index contributed by atoms with van der Waals surface area (Å²) in [6.45, 7) is 0. The second-order valence-corrected chi connectivity index (χ2v) is 26.3. The summed E-state index contributed by atoms with van der Waals surface area (Å²) < 4.78 is 0. The average molecular weight is 1300 g/mol. The third-order valence-electron chi connectivity index (χ3n) is 20.2. The molecule has 0 amide bonds. The SMILES string of the molecule is c1ccc(-c2ccc(N(c3ccc(-c4ccc5ccc6c(-c7ccc(N(c8ccc(-c9ccccc9)cc8)c8c(-c9ccccc9)cc(-c9ccccc9)cc8-c8ccccc8)cc7)ccc7ccc4c5c76)cc3)c3c(-c4ccccc4)cc(-c4ccccc4)cc3-c3ccccc3)cc2)cc1. The molecule has 0 aliphatic rings. The highest BCUT2D eigenvalue weighted by Gasteiger charge is 2.27. The minimum atomic E-state index is 1.06. The molecule has 18 rings (SSSR count). The van der Waals surface area contributed by atoms with Gasteiger partial charge in [-0.1, -0.05) is 340 Å². The quantitative estimate of drug-likeness (QED) is 0.0890. The van der Waals surface area contributed by atoms with E-state index in [9.17, 15) is 0 Å². The Bertz CT molecular complexity index is 5460. The van der Waals surface area contributed by atoms with Gasteiger partial charge in [0.1, 0.15) is 0 Å². The molecule has 478 valence electrons. The molecule has 18 aromatic carbocycles. The van der Waals surface area contributed by atoms with Gasteiger partial charge in [0.2, 0.25) is 0 Å². The first-order chi connectivity index (χ1) is 50.6. The normalized spacial score (nSPS) is 11.3. The molecule has 0 unspecified atom stereocenters. The van der Waals surface area contributed by atoms with Gasteiger partial charge in [-0.25, -0.2) is 0 Å². The van der Waals surface area contributed by atoms with Crippen LogP contribution in [0.5, 0.6) is 0 Å². The summed E-state index contributed by atoms with van der Waals surface area (Å²) in [4.78, 5) is 4.95. The van der Waals surface area contributed by atoms with E-state index in [1.54, 1.807) is 0 Å². The number of rotatable bonds is 16. The molecule has 0 saturated heterocycles. The van der Waals surface area contributed by atoms with Crippen molar-refractivity contribution in [3.63, 3.8) is 0 Å². The van der Waals surface area contributed by atoms with Crippen LogP contribution < -0.4 is 9.80 Å². The molecule has 0 aromatic heterocycles. The molecular formula is C100H68N2. The Morgan fingerprint density at radius 2 is 0.333 bits per heavy atom. The fourth-order valence-electron chi connectivity index (χ4n) is 15.3. The molecule has 2 heteroatoms. The number of hydrogen-bond acceptors (Lipinski definition) is 2. The molecule has 0 atom stereocenters. The van der Waals surface area contributed by atoms with E-state index in [0.717, 1.165) is 101 Å². The topological polar surface area (TPSA) is 6.48 Å². The maximum absolute atomic E-state index is 2.48. The van der Waals surface area contributed by atoms with Crippen molar-refractivity contribution in [1.29, 1.82) is 0 Å². The third-order valence-corrected chi connectivity index (χ3v) is 20.2. The van der Waals surface area contributed by atoms with E-state index >= 15 is 0 Å². The first kappa shape index (κ1) is 61.0. The monoisotopic (exact) mass is 1300 g/mol. The Morgan fingerprint density at radius 3 is 0.588 bits per heavy atom. The fraction of sp³-hybridized carbons (Fsp3) is 0. The van der Waals surface area contributed by atoms with Gasteiger partial charge >= 0.3 is 0 Å². The highest BCUT2D eigenvalue weighted by atomic mass is 15.2. The molecule has 0 N–H and O–H groups in total. The minimum absolute atomic E-state index is 1.06. The molecule has 0 aliphatic carbocycles. The van der Waals surface area contributed by atoms with Crippen molar-refractivity contribution in [1.82, 2.24) is 0 Å². The summed E-state index contributed by atoms with van der Waals surface area (Å²) in [5.74, 6) is 0. The lowest BCUT2D eigenvalue weighted by Gasteiger charge is -2.31. The number of anilines is 6. The van der Waals surface area contributed by atoms with Gasteiger partial charge in [0.05, 0.1) is 11.4 Å². The van der Waals surface area contributed by atoms with Gasteiger partial charge in [-0.15, -0.1) is 0 Å². The second-order valence-electron chi connectivity index (χ2n) is 26.3. The molecule has 0 spiro atoms. The Morgan fingerprint density at radius 1 is 0.137 bits per heavy atom. The van der Waals surface area contributed by atoms with E-state index in [2.05, 4.69) is 422 Å². The Labute approximate surface area is 596 Å². The van der Waals surface area contributed by atoms with Crippen LogP contribution in [0.4, 0.5) is 34.1 Å². The van der Waals surface area contributed by atoms with E-state index in [0.29, 0.717) is 0 Å². The summed E-state index contributed by atoms with van der Waals surface area (Å²) in [5, 5.41) is 7.44. The molecule has 0 saturated carbocycles. The van der Waals surface area contributed by atoms with Crippen LogP contribution in [0.2, 0.25) is 0 Å². The third kappa shape index (κ3) is 11.5. The number of nitrogens with zero attached hydrogens (tertiary/aromatic N) is 2. The van der Waals surface area contributed by atoms with Crippen molar-refractivity contribution in [2.45, 2.75) is 0 Å². The lowest BCUT2D eigenvalue weighted by molar-refractivity contribution is 1.28. The molecular weight excluding hydrogens is 1230 g/mol. The summed E-state index contributed by atoms with van der Waals surface area (Å²) >= 11 is 0. The van der Waals surface area contributed by atoms with Gasteiger partial charge in [0.25, 0.3) is 0 Å². The van der Waals surface area contributed by atoms with Gasteiger partial charge in [0.15, 0.2) is 0 Å². The van der Waals surface area contributed by atoms with Crippen molar-refractivity contribution in [2.24, 2.45) is 0 Å². The summed E-state index contributed by atoms with van der Waals surface area (Å²) in [6, 6.07) is 151. The maximum atomic E-state index is 2.48. The second kappa shape index (κ2) is 26.8. The molecule has 18 aromatic rings. The standard InChI is InChI=1S/C100H68N2/c1-9-25-69(26-10-1)73-41-53-85(54-42-73)101(99-93(75-33-17-5-18-34-75)65-83(71-29-13-3-14-30-71)66-94(99)76-35-19-6-20-36-76)87-57-45-79(46-58-87)89-61-49-81-52-64-92-90(62-50-82-51-63-91(89)97(81)98(82)92)80-47-59-88(60-48-80)102(86-55-43-74(44-56-86)70-27-11-2-12-28-70)100-95(77-37-21-7-22-38-77)67-84(72-31-15-4-16-32-72)68-96(100)78-39-23-8-24-40-78/h1-68H. The van der Waals surface area contributed by atoms with E-state index in [1.165, 1.54) is 76.8 Å². The van der Waals surface area contributed by atoms with Gasteiger partial charge < -0.3 is 9.80 Å². The average Bonchev–Trinajstić information content (AvgIpc) is 0.752. The zero-order valence-corrected chi connectivity index (χ0v) is 56.2. The van der Waals surface area contributed by atoms with E-state index < -0.39 is 0 Å². The largest absolute Gasteiger partial charge is 0.309 e. The Hall–Kier alpha value is -13.4.